The van der Waals surface area contributed by atoms with Gasteiger partial charge in [0.1, 0.15) is 0 Å². The fourth-order valence-electron chi connectivity index (χ4n) is 4.19. The maximum absolute atomic E-state index is 12.9. The number of carbonyl (C=O) groups is 2. The number of anilines is 1. The lowest BCUT2D eigenvalue weighted by Gasteiger charge is -2.32. The summed E-state index contributed by atoms with van der Waals surface area (Å²) in [6.07, 6.45) is 4.73. The number of imide groups is 1. The lowest BCUT2D eigenvalue weighted by Crippen LogP contribution is -2.39. The Morgan fingerprint density at radius 1 is 1.17 bits per heavy atom. The molecule has 2 aromatic carbocycles. The standard InChI is InChI=1S/C24H22ClN5O4S2/c25-20-3-1-2-16-12-18(4-5-19(16)20)36(33,34)27-14-15-7-10-30(11-8-15)23-26-9-6-17(28-23)13-21-22(31)29-24(32)35-21/h1-6,9,12-13,15,27H,7-8,10-11,14H2,(H,29,31,32)/b21-13+. The molecule has 1 aromatic heterocycles. The van der Waals surface area contributed by atoms with Crippen LogP contribution in [0.25, 0.3) is 16.8 Å². The van der Waals surface area contributed by atoms with Crippen LogP contribution in [0.5, 0.6) is 0 Å². The summed E-state index contributed by atoms with van der Waals surface area (Å²) in [5, 5.41) is 3.99. The number of nitrogens with one attached hydrogen (secondary N) is 2. The number of hydrogen-bond donors (Lipinski definition) is 2. The number of aromatic nitrogens is 2. The minimum atomic E-state index is -3.65. The fourth-order valence-corrected chi connectivity index (χ4v) is 6.25. The van der Waals surface area contributed by atoms with Crippen LogP contribution in [0.3, 0.4) is 0 Å². The first-order valence-corrected chi connectivity index (χ1v) is 14.0. The second-order valence-corrected chi connectivity index (χ2v) is 11.7. The molecule has 0 saturated carbocycles. The van der Waals surface area contributed by atoms with Gasteiger partial charge in [-0.05, 0) is 66.2 Å². The molecule has 2 fully saturated rings. The summed E-state index contributed by atoms with van der Waals surface area (Å²) in [7, 11) is -3.65. The van der Waals surface area contributed by atoms with E-state index in [1.165, 1.54) is 0 Å². The molecule has 2 N–H and O–H groups in total. The molecule has 3 heterocycles. The van der Waals surface area contributed by atoms with Gasteiger partial charge in [0.05, 0.1) is 15.5 Å². The second-order valence-electron chi connectivity index (χ2n) is 8.54. The molecular formula is C24H22ClN5O4S2. The molecule has 5 rings (SSSR count). The van der Waals surface area contributed by atoms with Gasteiger partial charge in [-0.1, -0.05) is 29.8 Å². The van der Waals surface area contributed by atoms with Gasteiger partial charge in [0.25, 0.3) is 11.1 Å². The Balaban J connectivity index is 1.19. The van der Waals surface area contributed by atoms with Gasteiger partial charge in [-0.15, -0.1) is 0 Å². The number of amides is 2. The van der Waals surface area contributed by atoms with Gasteiger partial charge in [-0.25, -0.2) is 23.1 Å². The van der Waals surface area contributed by atoms with E-state index in [0.29, 0.717) is 41.2 Å². The molecule has 2 aliphatic rings. The second kappa shape index (κ2) is 10.2. The zero-order valence-corrected chi connectivity index (χ0v) is 21.4. The van der Waals surface area contributed by atoms with Crippen LogP contribution in [0.4, 0.5) is 10.7 Å². The summed E-state index contributed by atoms with van der Waals surface area (Å²) in [4.78, 5) is 34.5. The number of carbonyl (C=O) groups excluding carboxylic acids is 2. The fraction of sp³-hybridized carbons (Fsp3) is 0.250. The number of benzene rings is 2. The van der Waals surface area contributed by atoms with Gasteiger partial charge in [0.15, 0.2) is 0 Å². The maximum Gasteiger partial charge on any atom is 0.290 e. The summed E-state index contributed by atoms with van der Waals surface area (Å²) >= 11 is 7.03. The minimum Gasteiger partial charge on any atom is -0.341 e. The van der Waals surface area contributed by atoms with E-state index in [4.69, 9.17) is 11.6 Å². The van der Waals surface area contributed by atoms with E-state index in [1.807, 2.05) is 11.0 Å². The molecular weight excluding hydrogens is 522 g/mol. The zero-order chi connectivity index (χ0) is 25.3. The van der Waals surface area contributed by atoms with Crippen molar-refractivity contribution in [3.63, 3.8) is 0 Å². The van der Waals surface area contributed by atoms with Crippen molar-refractivity contribution in [2.75, 3.05) is 24.5 Å². The van der Waals surface area contributed by atoms with E-state index >= 15 is 0 Å². The van der Waals surface area contributed by atoms with Gasteiger partial charge in [-0.2, -0.15) is 0 Å². The molecule has 36 heavy (non-hydrogen) atoms. The molecule has 12 heteroatoms. The van der Waals surface area contributed by atoms with Crippen molar-refractivity contribution in [1.82, 2.24) is 20.0 Å². The Morgan fingerprint density at radius 3 is 2.72 bits per heavy atom. The van der Waals surface area contributed by atoms with Crippen LogP contribution in [0.15, 0.2) is 58.5 Å². The molecule has 0 radical (unpaired) electrons. The van der Waals surface area contributed by atoms with Gasteiger partial charge in [0, 0.05) is 36.2 Å². The summed E-state index contributed by atoms with van der Waals surface area (Å²) in [5.74, 6) is 0.287. The first-order chi connectivity index (χ1) is 17.3. The number of nitrogens with zero attached hydrogens (tertiary/aromatic N) is 3. The minimum absolute atomic E-state index is 0.181. The summed E-state index contributed by atoms with van der Waals surface area (Å²) in [6, 6.07) is 12.0. The van der Waals surface area contributed by atoms with Gasteiger partial charge in [-0.3, -0.25) is 14.9 Å². The topological polar surface area (TPSA) is 121 Å². The third-order valence-corrected chi connectivity index (χ3v) is 8.72. The average Bonchev–Trinajstić information content (AvgIpc) is 3.19. The zero-order valence-electron chi connectivity index (χ0n) is 19.0. The van der Waals surface area contributed by atoms with Crippen molar-refractivity contribution in [3.8, 4) is 0 Å². The molecule has 9 nitrogen and oxygen atoms in total. The Kier molecular flexibility index (Phi) is 6.98. The quantitative estimate of drug-likeness (QED) is 0.450. The van der Waals surface area contributed by atoms with Crippen LogP contribution >= 0.6 is 23.4 Å². The highest BCUT2D eigenvalue weighted by atomic mass is 35.5. The number of thioether (sulfide) groups is 1. The first kappa shape index (κ1) is 24.7. The molecule has 0 aliphatic carbocycles. The normalized spacial score (nSPS) is 18.2. The van der Waals surface area contributed by atoms with Crippen LogP contribution in [-0.4, -0.2) is 49.2 Å². The summed E-state index contributed by atoms with van der Waals surface area (Å²) in [5.41, 5.74) is 0.541. The average molecular weight is 544 g/mol. The lowest BCUT2D eigenvalue weighted by atomic mass is 9.97. The van der Waals surface area contributed by atoms with Crippen molar-refractivity contribution < 1.29 is 18.0 Å². The SMILES string of the molecule is O=C1NC(=O)/C(=C\c2ccnc(N3CCC(CNS(=O)(=O)c4ccc5c(Cl)cccc5c4)CC3)n2)S1. The van der Waals surface area contributed by atoms with Crippen molar-refractivity contribution in [2.24, 2.45) is 5.92 Å². The Bertz CT molecular complexity index is 1490. The maximum atomic E-state index is 12.9. The Labute approximate surface area is 217 Å². The van der Waals surface area contributed by atoms with Gasteiger partial charge >= 0.3 is 0 Å². The van der Waals surface area contributed by atoms with E-state index in [2.05, 4.69) is 20.0 Å². The highest BCUT2D eigenvalue weighted by molar-refractivity contribution is 8.18. The highest BCUT2D eigenvalue weighted by Gasteiger charge is 2.26. The van der Waals surface area contributed by atoms with Crippen LogP contribution in [0.1, 0.15) is 18.5 Å². The number of fused-ring (bicyclic) bond motifs is 1. The van der Waals surface area contributed by atoms with Crippen LogP contribution < -0.4 is 14.9 Å². The van der Waals surface area contributed by atoms with Crippen molar-refractivity contribution in [2.45, 2.75) is 17.7 Å². The van der Waals surface area contributed by atoms with Crippen molar-refractivity contribution in [1.29, 1.82) is 0 Å². The predicted octanol–water partition coefficient (Wildman–Crippen LogP) is 3.80. The Morgan fingerprint density at radius 2 is 1.97 bits per heavy atom. The van der Waals surface area contributed by atoms with E-state index in [9.17, 15) is 18.0 Å². The number of rotatable bonds is 6. The molecule has 0 spiro atoms. The number of halogens is 1. The third kappa shape index (κ3) is 5.39. The van der Waals surface area contributed by atoms with Crippen LogP contribution in [0.2, 0.25) is 5.02 Å². The first-order valence-electron chi connectivity index (χ1n) is 11.3. The molecule has 186 valence electrons. The number of piperidine rings is 1. The lowest BCUT2D eigenvalue weighted by molar-refractivity contribution is -0.115. The number of sulfonamides is 1. The highest BCUT2D eigenvalue weighted by Crippen LogP contribution is 2.27. The molecule has 0 bridgehead atoms. The van der Waals surface area contributed by atoms with E-state index in [1.54, 1.807) is 48.7 Å². The van der Waals surface area contributed by atoms with E-state index < -0.39 is 21.2 Å². The largest absolute Gasteiger partial charge is 0.341 e. The van der Waals surface area contributed by atoms with Gasteiger partial charge in [0.2, 0.25) is 16.0 Å². The molecule has 2 amide bonds. The monoisotopic (exact) mass is 543 g/mol. The van der Waals surface area contributed by atoms with Crippen molar-refractivity contribution >= 4 is 67.3 Å². The predicted molar refractivity (Wildman–Crippen MR) is 140 cm³/mol. The molecule has 0 unspecified atom stereocenters. The third-order valence-electron chi connectivity index (χ3n) is 6.15. The van der Waals surface area contributed by atoms with Crippen LogP contribution in [0, 0.1) is 5.92 Å². The summed E-state index contributed by atoms with van der Waals surface area (Å²) < 4.78 is 28.5. The molecule has 0 atom stereocenters. The Hall–Kier alpha value is -2.99. The molecule has 2 aliphatic heterocycles. The molecule has 3 aromatic rings. The van der Waals surface area contributed by atoms with Crippen molar-refractivity contribution in [3.05, 3.63) is 64.3 Å². The molecule has 2 saturated heterocycles. The van der Waals surface area contributed by atoms with Gasteiger partial charge < -0.3 is 4.90 Å². The van der Waals surface area contributed by atoms with Crippen LogP contribution in [-0.2, 0) is 14.8 Å². The number of hydrogen-bond acceptors (Lipinski definition) is 8. The van der Waals surface area contributed by atoms with E-state index in [0.717, 1.165) is 35.4 Å². The summed E-state index contributed by atoms with van der Waals surface area (Å²) in [6.45, 7) is 1.69. The smallest absolute Gasteiger partial charge is 0.290 e. The van der Waals surface area contributed by atoms with E-state index in [-0.39, 0.29) is 10.8 Å².